The number of piperazine rings is 1. The van der Waals surface area contributed by atoms with Crippen molar-refractivity contribution in [1.82, 2.24) is 24.4 Å². The molecule has 1 fully saturated rings. The van der Waals surface area contributed by atoms with Crippen LogP contribution in [0.5, 0.6) is 0 Å². The van der Waals surface area contributed by atoms with Crippen LogP contribution < -0.4 is 10.2 Å². The largest absolute Gasteiger partial charge is 0.354 e. The van der Waals surface area contributed by atoms with Gasteiger partial charge in [-0.25, -0.2) is 19.3 Å². The molecule has 1 amide bonds. The van der Waals surface area contributed by atoms with E-state index in [0.29, 0.717) is 17.9 Å². The van der Waals surface area contributed by atoms with Gasteiger partial charge in [-0.15, -0.1) is 0 Å². The molecule has 0 aliphatic carbocycles. The number of carbonyl (C=O) groups is 1. The van der Waals surface area contributed by atoms with Gasteiger partial charge in [-0.2, -0.15) is 0 Å². The summed E-state index contributed by atoms with van der Waals surface area (Å²) >= 11 is 0. The molecule has 9 heteroatoms. The Bertz CT molecular complexity index is 1310. The number of nitrogens with zero attached hydrogens (tertiary/aromatic N) is 6. The highest BCUT2D eigenvalue weighted by molar-refractivity contribution is 6.05. The lowest BCUT2D eigenvalue weighted by Crippen LogP contribution is -2.47. The van der Waals surface area contributed by atoms with E-state index in [2.05, 4.69) is 36.1 Å². The average molecular weight is 460 g/mol. The van der Waals surface area contributed by atoms with E-state index in [9.17, 15) is 9.18 Å². The Morgan fingerprint density at radius 2 is 1.88 bits per heavy atom. The fourth-order valence-electron chi connectivity index (χ4n) is 4.25. The highest BCUT2D eigenvalue weighted by Crippen LogP contribution is 2.25. The van der Waals surface area contributed by atoms with E-state index in [-0.39, 0.29) is 12.6 Å². The number of anilines is 2. The van der Waals surface area contributed by atoms with Gasteiger partial charge in [-0.05, 0) is 29.7 Å². The quantitative estimate of drug-likeness (QED) is 0.476. The molecule has 1 aliphatic rings. The minimum atomic E-state index is -0.332. The Kier molecular flexibility index (Phi) is 6.18. The molecule has 0 saturated carbocycles. The van der Waals surface area contributed by atoms with E-state index in [4.69, 9.17) is 0 Å². The number of amides is 1. The summed E-state index contributed by atoms with van der Waals surface area (Å²) in [5, 5.41) is 4.87. The topological polar surface area (TPSA) is 79.2 Å². The number of aryl methyl sites for hydroxylation is 1. The normalized spacial score (nSPS) is 14.5. The van der Waals surface area contributed by atoms with Crippen molar-refractivity contribution in [3.8, 4) is 11.3 Å². The van der Waals surface area contributed by atoms with Gasteiger partial charge in [0.2, 0.25) is 0 Å². The van der Waals surface area contributed by atoms with Crippen molar-refractivity contribution in [3.63, 3.8) is 0 Å². The predicted molar refractivity (Wildman–Crippen MR) is 131 cm³/mol. The molecule has 8 nitrogen and oxygen atoms in total. The minimum absolute atomic E-state index is 0.241. The number of rotatable bonds is 6. The van der Waals surface area contributed by atoms with E-state index >= 15 is 0 Å². The van der Waals surface area contributed by atoms with E-state index in [1.165, 1.54) is 0 Å². The Balaban J connectivity index is 1.31. The zero-order valence-corrected chi connectivity index (χ0v) is 19.0. The van der Waals surface area contributed by atoms with E-state index in [0.717, 1.165) is 54.0 Å². The first-order valence-electron chi connectivity index (χ1n) is 11.3. The SMILES string of the molecule is Cn1cncc1-c1ccc2cnc(NC(=O)c3ccnc(N4CCN(CCF)CC4)c3)cc2c1. The minimum Gasteiger partial charge on any atom is -0.354 e. The zero-order valence-electron chi connectivity index (χ0n) is 19.0. The maximum absolute atomic E-state index is 13.0. The number of pyridine rings is 2. The molecule has 4 aromatic rings. The van der Waals surface area contributed by atoms with Crippen molar-refractivity contribution >= 4 is 28.3 Å². The molecular formula is C25H26FN7O. The number of hydrogen-bond donors (Lipinski definition) is 1. The molecule has 1 N–H and O–H groups in total. The summed E-state index contributed by atoms with van der Waals surface area (Å²) in [6.07, 6.45) is 7.00. The van der Waals surface area contributed by atoms with Crippen LogP contribution in [-0.2, 0) is 7.05 Å². The van der Waals surface area contributed by atoms with Crippen LogP contribution >= 0.6 is 0 Å². The van der Waals surface area contributed by atoms with Crippen LogP contribution in [0.3, 0.4) is 0 Å². The lowest BCUT2D eigenvalue weighted by molar-refractivity contribution is 0.102. The molecule has 1 saturated heterocycles. The standard InChI is InChI=1S/C25H26FN7O/c1-31-17-27-16-22(31)18-2-3-20-15-29-23(13-21(20)12-18)30-25(34)19-4-6-28-24(14-19)33-10-8-32(7-5-26)9-11-33/h2-4,6,12-17H,5,7-11H2,1H3,(H,29,30,34). The molecule has 0 bridgehead atoms. The van der Waals surface area contributed by atoms with Crippen molar-refractivity contribution in [2.24, 2.45) is 7.05 Å². The van der Waals surface area contributed by atoms with Crippen molar-refractivity contribution in [1.29, 1.82) is 0 Å². The number of halogens is 1. The summed E-state index contributed by atoms with van der Waals surface area (Å²) in [4.78, 5) is 30.2. The molecule has 4 heterocycles. The van der Waals surface area contributed by atoms with Gasteiger partial charge in [-0.1, -0.05) is 12.1 Å². The van der Waals surface area contributed by atoms with Gasteiger partial charge in [0, 0.05) is 68.7 Å². The number of carbonyl (C=O) groups excluding carboxylic acids is 1. The molecular weight excluding hydrogens is 433 g/mol. The van der Waals surface area contributed by atoms with E-state index < -0.39 is 0 Å². The number of aromatic nitrogens is 4. The Labute approximate surface area is 197 Å². The molecule has 1 aliphatic heterocycles. The number of imidazole rings is 1. The monoisotopic (exact) mass is 459 g/mol. The molecule has 34 heavy (non-hydrogen) atoms. The number of alkyl halides is 1. The third-order valence-corrected chi connectivity index (χ3v) is 6.18. The number of hydrogen-bond acceptors (Lipinski definition) is 6. The summed E-state index contributed by atoms with van der Waals surface area (Å²) in [5.74, 6) is 0.993. The lowest BCUT2D eigenvalue weighted by Gasteiger charge is -2.35. The average Bonchev–Trinajstić information content (AvgIpc) is 3.30. The van der Waals surface area contributed by atoms with Gasteiger partial charge in [-0.3, -0.25) is 9.69 Å². The van der Waals surface area contributed by atoms with Gasteiger partial charge in [0.05, 0.1) is 18.2 Å². The second-order valence-electron chi connectivity index (χ2n) is 8.40. The van der Waals surface area contributed by atoms with E-state index in [1.54, 1.807) is 30.9 Å². The first-order valence-corrected chi connectivity index (χ1v) is 11.3. The Morgan fingerprint density at radius 1 is 1.03 bits per heavy atom. The van der Waals surface area contributed by atoms with Crippen LogP contribution in [0.4, 0.5) is 16.0 Å². The Hall–Kier alpha value is -3.85. The third kappa shape index (κ3) is 4.60. The molecule has 0 atom stereocenters. The molecule has 0 unspecified atom stereocenters. The number of fused-ring (bicyclic) bond motifs is 1. The summed E-state index contributed by atoms with van der Waals surface area (Å²) in [5.41, 5.74) is 2.57. The molecule has 5 rings (SSSR count). The fourth-order valence-corrected chi connectivity index (χ4v) is 4.25. The van der Waals surface area contributed by atoms with E-state index in [1.807, 2.05) is 36.0 Å². The molecule has 3 aromatic heterocycles. The van der Waals surface area contributed by atoms with Crippen molar-refractivity contribution in [2.75, 3.05) is 49.6 Å². The van der Waals surface area contributed by atoms with Crippen molar-refractivity contribution in [2.45, 2.75) is 0 Å². The van der Waals surface area contributed by atoms with Gasteiger partial charge in [0.1, 0.15) is 18.3 Å². The fraction of sp³-hybridized carbons (Fsp3) is 0.280. The molecule has 0 radical (unpaired) electrons. The van der Waals surface area contributed by atoms with Gasteiger partial charge in [0.15, 0.2) is 0 Å². The highest BCUT2D eigenvalue weighted by atomic mass is 19.1. The summed E-state index contributed by atoms with van der Waals surface area (Å²) in [6.45, 7) is 3.20. The van der Waals surface area contributed by atoms with Crippen LogP contribution in [0.25, 0.3) is 22.0 Å². The second kappa shape index (κ2) is 9.56. The molecule has 174 valence electrons. The predicted octanol–water partition coefficient (Wildman–Crippen LogP) is 3.37. The maximum Gasteiger partial charge on any atom is 0.257 e. The smallest absolute Gasteiger partial charge is 0.257 e. The molecule has 0 spiro atoms. The van der Waals surface area contributed by atoms with Gasteiger partial charge < -0.3 is 14.8 Å². The first-order chi connectivity index (χ1) is 16.6. The third-order valence-electron chi connectivity index (χ3n) is 6.18. The van der Waals surface area contributed by atoms with Crippen LogP contribution in [0.15, 0.2) is 61.3 Å². The first kappa shape index (κ1) is 22.0. The summed E-state index contributed by atoms with van der Waals surface area (Å²) < 4.78 is 14.5. The maximum atomic E-state index is 13.0. The van der Waals surface area contributed by atoms with Crippen LogP contribution in [-0.4, -0.2) is 69.7 Å². The lowest BCUT2D eigenvalue weighted by atomic mass is 10.1. The van der Waals surface area contributed by atoms with Crippen LogP contribution in [0.1, 0.15) is 10.4 Å². The summed E-state index contributed by atoms with van der Waals surface area (Å²) in [6, 6.07) is 11.5. The van der Waals surface area contributed by atoms with Gasteiger partial charge >= 0.3 is 0 Å². The summed E-state index contributed by atoms with van der Waals surface area (Å²) in [7, 11) is 1.96. The molecule has 1 aromatic carbocycles. The number of nitrogens with one attached hydrogen (secondary N) is 1. The second-order valence-corrected chi connectivity index (χ2v) is 8.40. The number of benzene rings is 1. The van der Waals surface area contributed by atoms with Gasteiger partial charge in [0.25, 0.3) is 5.91 Å². The van der Waals surface area contributed by atoms with Crippen LogP contribution in [0, 0.1) is 0 Å². The highest BCUT2D eigenvalue weighted by Gasteiger charge is 2.19. The van der Waals surface area contributed by atoms with Crippen molar-refractivity contribution in [3.05, 3.63) is 66.9 Å². The Morgan fingerprint density at radius 3 is 2.65 bits per heavy atom. The zero-order chi connectivity index (χ0) is 23.5. The van der Waals surface area contributed by atoms with Crippen molar-refractivity contribution < 1.29 is 9.18 Å². The van der Waals surface area contributed by atoms with Crippen LogP contribution in [0.2, 0.25) is 0 Å².